The zero-order chi connectivity index (χ0) is 9.14. The fourth-order valence-electron chi connectivity index (χ4n) is 1.42. The standard InChI is InChI=1S/C8H10O4/c9-6-3-1-2-5(4-6)7(10)8(11)12/h5H,1-4H2,(H,11,12). The molecule has 1 fully saturated rings. The lowest BCUT2D eigenvalue weighted by molar-refractivity contribution is -0.152. The Morgan fingerprint density at radius 3 is 2.58 bits per heavy atom. The monoisotopic (exact) mass is 170 g/mol. The Morgan fingerprint density at radius 1 is 1.42 bits per heavy atom. The molecule has 0 aromatic heterocycles. The Kier molecular flexibility index (Phi) is 2.58. The molecule has 1 rings (SSSR count). The van der Waals surface area contributed by atoms with Crippen LogP contribution >= 0.6 is 0 Å². The number of hydrogen-bond acceptors (Lipinski definition) is 3. The van der Waals surface area contributed by atoms with Crippen molar-refractivity contribution in [1.29, 1.82) is 0 Å². The maximum atomic E-state index is 10.9. The largest absolute Gasteiger partial charge is 0.475 e. The molecular weight excluding hydrogens is 160 g/mol. The van der Waals surface area contributed by atoms with Gasteiger partial charge in [-0.05, 0) is 12.8 Å². The van der Waals surface area contributed by atoms with Crippen molar-refractivity contribution in [3.8, 4) is 0 Å². The SMILES string of the molecule is O=C1CCCC(C(=O)C(=O)O)C1. The molecule has 1 saturated carbocycles. The molecule has 4 heteroatoms. The fraction of sp³-hybridized carbons (Fsp3) is 0.625. The molecule has 0 radical (unpaired) electrons. The second-order valence-corrected chi connectivity index (χ2v) is 3.00. The maximum absolute atomic E-state index is 10.9. The van der Waals surface area contributed by atoms with E-state index in [1.165, 1.54) is 0 Å². The van der Waals surface area contributed by atoms with Crippen LogP contribution in [0.2, 0.25) is 0 Å². The Labute approximate surface area is 69.6 Å². The van der Waals surface area contributed by atoms with Crippen molar-refractivity contribution in [3.05, 3.63) is 0 Å². The van der Waals surface area contributed by atoms with Crippen LogP contribution in [0.1, 0.15) is 25.7 Å². The van der Waals surface area contributed by atoms with Crippen LogP contribution in [0, 0.1) is 5.92 Å². The first-order chi connectivity index (χ1) is 5.61. The topological polar surface area (TPSA) is 71.4 Å². The molecule has 0 spiro atoms. The third-order valence-corrected chi connectivity index (χ3v) is 2.06. The number of carbonyl (C=O) groups is 3. The molecule has 0 aliphatic heterocycles. The number of ketones is 2. The van der Waals surface area contributed by atoms with E-state index in [1.54, 1.807) is 0 Å². The second-order valence-electron chi connectivity index (χ2n) is 3.00. The summed E-state index contributed by atoms with van der Waals surface area (Å²) in [6, 6.07) is 0. The molecule has 0 amide bonds. The zero-order valence-corrected chi connectivity index (χ0v) is 6.58. The molecule has 1 aliphatic carbocycles. The van der Waals surface area contributed by atoms with Gasteiger partial charge in [0.05, 0.1) is 0 Å². The van der Waals surface area contributed by atoms with Gasteiger partial charge in [0.2, 0.25) is 5.78 Å². The summed E-state index contributed by atoms with van der Waals surface area (Å²) in [6.07, 6.45) is 1.79. The van der Waals surface area contributed by atoms with Gasteiger partial charge in [0, 0.05) is 18.8 Å². The molecule has 1 unspecified atom stereocenters. The van der Waals surface area contributed by atoms with Crippen molar-refractivity contribution >= 4 is 17.5 Å². The molecular formula is C8H10O4. The predicted molar refractivity (Wildman–Crippen MR) is 39.6 cm³/mol. The van der Waals surface area contributed by atoms with E-state index in [1.807, 2.05) is 0 Å². The summed E-state index contributed by atoms with van der Waals surface area (Å²) in [5.74, 6) is -2.80. The van der Waals surface area contributed by atoms with E-state index in [0.717, 1.165) is 0 Å². The van der Waals surface area contributed by atoms with Gasteiger partial charge in [-0.2, -0.15) is 0 Å². The van der Waals surface area contributed by atoms with E-state index < -0.39 is 17.7 Å². The molecule has 0 aromatic carbocycles. The average Bonchev–Trinajstić information content (AvgIpc) is 2.03. The Balaban J connectivity index is 2.57. The van der Waals surface area contributed by atoms with Gasteiger partial charge >= 0.3 is 5.97 Å². The van der Waals surface area contributed by atoms with Crippen LogP contribution < -0.4 is 0 Å². The highest BCUT2D eigenvalue weighted by Gasteiger charge is 2.29. The predicted octanol–water partition coefficient (Wildman–Crippen LogP) is 0.399. The molecule has 1 atom stereocenters. The molecule has 0 aromatic rings. The molecule has 0 saturated heterocycles. The Bertz CT molecular complexity index is 231. The van der Waals surface area contributed by atoms with Crippen LogP contribution in [0.5, 0.6) is 0 Å². The van der Waals surface area contributed by atoms with Crippen molar-refractivity contribution in [2.75, 3.05) is 0 Å². The summed E-state index contributed by atoms with van der Waals surface area (Å²) in [5.41, 5.74) is 0. The van der Waals surface area contributed by atoms with Gasteiger partial charge in [-0.3, -0.25) is 9.59 Å². The smallest absolute Gasteiger partial charge is 0.372 e. The highest BCUT2D eigenvalue weighted by Crippen LogP contribution is 2.21. The third kappa shape index (κ3) is 1.90. The molecule has 1 N–H and O–H groups in total. The summed E-state index contributed by atoms with van der Waals surface area (Å²) in [7, 11) is 0. The van der Waals surface area contributed by atoms with Crippen molar-refractivity contribution in [2.45, 2.75) is 25.7 Å². The van der Waals surface area contributed by atoms with E-state index in [2.05, 4.69) is 0 Å². The van der Waals surface area contributed by atoms with Crippen LogP contribution in [-0.4, -0.2) is 22.6 Å². The Morgan fingerprint density at radius 2 is 2.08 bits per heavy atom. The van der Waals surface area contributed by atoms with E-state index in [-0.39, 0.29) is 12.2 Å². The highest BCUT2D eigenvalue weighted by molar-refractivity contribution is 6.33. The summed E-state index contributed by atoms with van der Waals surface area (Å²) in [4.78, 5) is 32.0. The molecule has 12 heavy (non-hydrogen) atoms. The van der Waals surface area contributed by atoms with E-state index in [4.69, 9.17) is 5.11 Å². The van der Waals surface area contributed by atoms with Gasteiger partial charge < -0.3 is 5.11 Å². The summed E-state index contributed by atoms with van der Waals surface area (Å²) in [5, 5.41) is 8.36. The molecule has 0 bridgehead atoms. The van der Waals surface area contributed by atoms with Crippen LogP contribution in [0.15, 0.2) is 0 Å². The number of rotatable bonds is 2. The minimum Gasteiger partial charge on any atom is -0.475 e. The van der Waals surface area contributed by atoms with Gasteiger partial charge in [-0.25, -0.2) is 4.79 Å². The number of aliphatic carboxylic acids is 1. The third-order valence-electron chi connectivity index (χ3n) is 2.06. The Hall–Kier alpha value is -1.19. The van der Waals surface area contributed by atoms with Gasteiger partial charge in [-0.15, -0.1) is 0 Å². The van der Waals surface area contributed by atoms with Gasteiger partial charge in [-0.1, -0.05) is 0 Å². The van der Waals surface area contributed by atoms with Crippen molar-refractivity contribution in [2.24, 2.45) is 5.92 Å². The van der Waals surface area contributed by atoms with Crippen molar-refractivity contribution in [1.82, 2.24) is 0 Å². The molecule has 1 aliphatic rings. The van der Waals surface area contributed by atoms with Crippen LogP contribution in [0.25, 0.3) is 0 Å². The average molecular weight is 170 g/mol. The second kappa shape index (κ2) is 3.47. The lowest BCUT2D eigenvalue weighted by atomic mass is 9.85. The number of carboxylic acids is 1. The number of carboxylic acid groups (broad SMARTS) is 1. The fourth-order valence-corrected chi connectivity index (χ4v) is 1.42. The lowest BCUT2D eigenvalue weighted by Gasteiger charge is -2.16. The summed E-state index contributed by atoms with van der Waals surface area (Å²) in [6.45, 7) is 0. The minimum absolute atomic E-state index is 0.000787. The molecule has 66 valence electrons. The van der Waals surface area contributed by atoms with Gasteiger partial charge in [0.1, 0.15) is 5.78 Å². The van der Waals surface area contributed by atoms with E-state index in [0.29, 0.717) is 19.3 Å². The number of hydrogen-bond donors (Lipinski definition) is 1. The highest BCUT2D eigenvalue weighted by atomic mass is 16.4. The van der Waals surface area contributed by atoms with Crippen LogP contribution in [0.3, 0.4) is 0 Å². The van der Waals surface area contributed by atoms with Gasteiger partial charge in [0.15, 0.2) is 0 Å². The van der Waals surface area contributed by atoms with Crippen LogP contribution in [0.4, 0.5) is 0 Å². The molecule has 4 nitrogen and oxygen atoms in total. The quantitative estimate of drug-likeness (QED) is 0.609. The van der Waals surface area contributed by atoms with Crippen LogP contribution in [-0.2, 0) is 14.4 Å². The van der Waals surface area contributed by atoms with Crippen molar-refractivity contribution in [3.63, 3.8) is 0 Å². The zero-order valence-electron chi connectivity index (χ0n) is 6.58. The van der Waals surface area contributed by atoms with E-state index in [9.17, 15) is 14.4 Å². The minimum atomic E-state index is -1.42. The summed E-state index contributed by atoms with van der Waals surface area (Å²) < 4.78 is 0. The lowest BCUT2D eigenvalue weighted by Crippen LogP contribution is -2.28. The van der Waals surface area contributed by atoms with Crippen molar-refractivity contribution < 1.29 is 19.5 Å². The molecule has 0 heterocycles. The maximum Gasteiger partial charge on any atom is 0.372 e. The first-order valence-electron chi connectivity index (χ1n) is 3.90. The number of carbonyl (C=O) groups excluding carboxylic acids is 2. The first-order valence-corrected chi connectivity index (χ1v) is 3.90. The first kappa shape index (κ1) is 8.90. The van der Waals surface area contributed by atoms with Gasteiger partial charge in [0.25, 0.3) is 0 Å². The summed E-state index contributed by atoms with van der Waals surface area (Å²) >= 11 is 0. The van der Waals surface area contributed by atoms with E-state index >= 15 is 0 Å². The number of Topliss-reactive ketones (excluding diaryl/α,β-unsaturated/α-hetero) is 2. The normalized spacial score (nSPS) is 23.7.